The molecule has 2 amide bonds. The van der Waals surface area contributed by atoms with E-state index in [-0.39, 0.29) is 22.5 Å². The molecule has 1 aromatic carbocycles. The van der Waals surface area contributed by atoms with Gasteiger partial charge in [0.2, 0.25) is 0 Å². The van der Waals surface area contributed by atoms with Crippen LogP contribution in [0.15, 0.2) is 29.6 Å². The van der Waals surface area contributed by atoms with E-state index < -0.39 is 0 Å². The summed E-state index contributed by atoms with van der Waals surface area (Å²) in [6, 6.07) is 7.43. The lowest BCUT2D eigenvalue weighted by Crippen LogP contribution is -2.24. The molecule has 2 N–H and O–H groups in total. The number of carbonyl (C=O) groups excluding carboxylic acids is 2. The fraction of sp³-hybridized carbons (Fsp3) is 0.214. The van der Waals surface area contributed by atoms with Gasteiger partial charge in [-0.2, -0.15) is 0 Å². The lowest BCUT2D eigenvalue weighted by molar-refractivity contribution is 0.0946. The average Bonchev–Trinajstić information content (AvgIpc) is 3.02. The van der Waals surface area contributed by atoms with E-state index in [9.17, 15) is 9.59 Å². The first-order valence-corrected chi connectivity index (χ1v) is 7.11. The number of aromatic nitrogens is 1. The number of nitrogens with one attached hydrogen (secondary N) is 2. The SMILES string of the molecule is CNC(=O)c1nc(C(=O)NCc2ccccc2OC)cs1. The van der Waals surface area contributed by atoms with Crippen LogP contribution in [-0.4, -0.2) is 31.0 Å². The highest BCUT2D eigenvalue weighted by molar-refractivity contribution is 7.11. The molecule has 0 spiro atoms. The Labute approximate surface area is 126 Å². The largest absolute Gasteiger partial charge is 0.496 e. The van der Waals surface area contributed by atoms with Gasteiger partial charge in [0, 0.05) is 24.5 Å². The molecule has 0 aliphatic heterocycles. The highest BCUT2D eigenvalue weighted by Crippen LogP contribution is 2.17. The zero-order chi connectivity index (χ0) is 15.2. The van der Waals surface area contributed by atoms with Crippen LogP contribution < -0.4 is 15.4 Å². The summed E-state index contributed by atoms with van der Waals surface area (Å²) < 4.78 is 5.22. The Morgan fingerprint density at radius 2 is 2.05 bits per heavy atom. The maximum Gasteiger partial charge on any atom is 0.280 e. The van der Waals surface area contributed by atoms with Crippen molar-refractivity contribution in [1.82, 2.24) is 15.6 Å². The summed E-state index contributed by atoms with van der Waals surface area (Å²) in [5, 5.41) is 7.04. The second kappa shape index (κ2) is 6.85. The monoisotopic (exact) mass is 305 g/mol. The summed E-state index contributed by atoms with van der Waals surface area (Å²) >= 11 is 1.13. The second-order valence-electron chi connectivity index (χ2n) is 4.11. The number of para-hydroxylation sites is 1. The average molecular weight is 305 g/mol. The highest BCUT2D eigenvalue weighted by atomic mass is 32.1. The molecule has 0 radical (unpaired) electrons. The van der Waals surface area contributed by atoms with Crippen LogP contribution in [0.1, 0.15) is 25.9 Å². The Balaban J connectivity index is 2.02. The number of hydrogen-bond acceptors (Lipinski definition) is 5. The number of nitrogens with zero attached hydrogens (tertiary/aromatic N) is 1. The van der Waals surface area contributed by atoms with Gasteiger partial charge < -0.3 is 15.4 Å². The summed E-state index contributed by atoms with van der Waals surface area (Å²) in [6.45, 7) is 0.329. The lowest BCUT2D eigenvalue weighted by Gasteiger charge is -2.08. The topological polar surface area (TPSA) is 80.3 Å². The van der Waals surface area contributed by atoms with Crippen LogP contribution >= 0.6 is 11.3 Å². The van der Waals surface area contributed by atoms with Crippen LogP contribution in [0.4, 0.5) is 0 Å². The third kappa shape index (κ3) is 3.57. The molecule has 0 aliphatic rings. The molecule has 0 saturated carbocycles. The number of thiazole rings is 1. The molecule has 110 valence electrons. The van der Waals surface area contributed by atoms with Gasteiger partial charge in [-0.1, -0.05) is 18.2 Å². The third-order valence-electron chi connectivity index (χ3n) is 2.79. The Kier molecular flexibility index (Phi) is 4.89. The fourth-order valence-electron chi connectivity index (χ4n) is 1.70. The molecule has 0 bridgehead atoms. The highest BCUT2D eigenvalue weighted by Gasteiger charge is 2.14. The van der Waals surface area contributed by atoms with Crippen molar-refractivity contribution in [2.45, 2.75) is 6.54 Å². The minimum absolute atomic E-state index is 0.230. The molecule has 21 heavy (non-hydrogen) atoms. The zero-order valence-electron chi connectivity index (χ0n) is 11.7. The van der Waals surface area contributed by atoms with E-state index in [0.717, 1.165) is 16.9 Å². The summed E-state index contributed by atoms with van der Waals surface area (Å²) in [5.41, 5.74) is 1.10. The van der Waals surface area contributed by atoms with Crippen molar-refractivity contribution in [3.05, 3.63) is 45.9 Å². The van der Waals surface area contributed by atoms with E-state index >= 15 is 0 Å². The third-order valence-corrected chi connectivity index (χ3v) is 3.63. The quantitative estimate of drug-likeness (QED) is 0.876. The number of hydrogen-bond donors (Lipinski definition) is 2. The van der Waals surface area contributed by atoms with Gasteiger partial charge in [-0.25, -0.2) is 4.98 Å². The van der Waals surface area contributed by atoms with E-state index in [1.807, 2.05) is 24.3 Å². The first kappa shape index (κ1) is 15.0. The molecule has 0 atom stereocenters. The normalized spacial score (nSPS) is 10.0. The summed E-state index contributed by atoms with van der Waals surface area (Å²) in [6.07, 6.45) is 0. The molecule has 7 heteroatoms. The summed E-state index contributed by atoms with van der Waals surface area (Å²) in [4.78, 5) is 27.4. The van der Waals surface area contributed by atoms with Crippen molar-refractivity contribution < 1.29 is 14.3 Å². The predicted molar refractivity (Wildman–Crippen MR) is 79.7 cm³/mol. The Hall–Kier alpha value is -2.41. The Bertz CT molecular complexity index is 654. The molecule has 1 heterocycles. The van der Waals surface area contributed by atoms with E-state index in [4.69, 9.17) is 4.74 Å². The van der Waals surface area contributed by atoms with Gasteiger partial charge >= 0.3 is 0 Å². The molecular formula is C14H15N3O3S. The van der Waals surface area contributed by atoms with Crippen LogP contribution in [0.3, 0.4) is 0 Å². The first-order chi connectivity index (χ1) is 10.2. The smallest absolute Gasteiger partial charge is 0.280 e. The molecule has 0 aliphatic carbocycles. The van der Waals surface area contributed by atoms with E-state index in [1.54, 1.807) is 12.5 Å². The van der Waals surface area contributed by atoms with Gasteiger partial charge in [0.1, 0.15) is 11.4 Å². The number of benzene rings is 1. The van der Waals surface area contributed by atoms with Gasteiger partial charge in [-0.15, -0.1) is 11.3 Å². The molecule has 2 aromatic rings. The van der Waals surface area contributed by atoms with Crippen molar-refractivity contribution in [3.8, 4) is 5.75 Å². The van der Waals surface area contributed by atoms with E-state index in [1.165, 1.54) is 7.05 Å². The number of methoxy groups -OCH3 is 1. The van der Waals surface area contributed by atoms with Gasteiger partial charge in [0.05, 0.1) is 7.11 Å². The maximum absolute atomic E-state index is 12.0. The van der Waals surface area contributed by atoms with Crippen molar-refractivity contribution in [3.63, 3.8) is 0 Å². The molecule has 0 fully saturated rings. The van der Waals surface area contributed by atoms with Gasteiger partial charge in [0.15, 0.2) is 5.01 Å². The molecule has 2 rings (SSSR count). The predicted octanol–water partition coefficient (Wildman–Crippen LogP) is 1.44. The minimum atomic E-state index is -0.327. The molecule has 0 saturated heterocycles. The summed E-state index contributed by atoms with van der Waals surface area (Å²) in [5.74, 6) is 0.0817. The molecule has 1 aromatic heterocycles. The van der Waals surface area contributed by atoms with E-state index in [2.05, 4.69) is 15.6 Å². The minimum Gasteiger partial charge on any atom is -0.496 e. The van der Waals surface area contributed by atoms with Crippen LogP contribution in [0.25, 0.3) is 0 Å². The first-order valence-electron chi connectivity index (χ1n) is 6.23. The van der Waals surface area contributed by atoms with Gasteiger partial charge in [-0.05, 0) is 6.07 Å². The molecular weight excluding hydrogens is 290 g/mol. The molecule has 6 nitrogen and oxygen atoms in total. The van der Waals surface area contributed by atoms with Gasteiger partial charge in [0.25, 0.3) is 11.8 Å². The lowest BCUT2D eigenvalue weighted by atomic mass is 10.2. The number of ether oxygens (including phenoxy) is 1. The van der Waals surface area contributed by atoms with Crippen molar-refractivity contribution in [2.24, 2.45) is 0 Å². The van der Waals surface area contributed by atoms with Gasteiger partial charge in [-0.3, -0.25) is 9.59 Å². The van der Waals surface area contributed by atoms with E-state index in [0.29, 0.717) is 12.3 Å². The van der Waals surface area contributed by atoms with Crippen molar-refractivity contribution in [1.29, 1.82) is 0 Å². The molecule has 0 unspecified atom stereocenters. The maximum atomic E-state index is 12.0. The Morgan fingerprint density at radius 3 is 2.76 bits per heavy atom. The van der Waals surface area contributed by atoms with Crippen molar-refractivity contribution in [2.75, 3.05) is 14.2 Å². The number of rotatable bonds is 5. The van der Waals surface area contributed by atoms with Crippen molar-refractivity contribution >= 4 is 23.2 Å². The number of carbonyl (C=O) groups is 2. The van der Waals surface area contributed by atoms with Crippen LogP contribution in [0.5, 0.6) is 5.75 Å². The van der Waals surface area contributed by atoms with Crippen LogP contribution in [-0.2, 0) is 6.54 Å². The second-order valence-corrected chi connectivity index (χ2v) is 4.97. The zero-order valence-corrected chi connectivity index (χ0v) is 12.5. The Morgan fingerprint density at radius 1 is 1.29 bits per heavy atom. The summed E-state index contributed by atoms with van der Waals surface area (Å²) in [7, 11) is 3.10. The standard InChI is InChI=1S/C14H15N3O3S/c1-15-13(19)14-17-10(8-21-14)12(18)16-7-9-5-3-4-6-11(9)20-2/h3-6,8H,7H2,1-2H3,(H,15,19)(H,16,18). The number of amides is 2. The fourth-order valence-corrected chi connectivity index (χ4v) is 2.45. The van der Waals surface area contributed by atoms with Crippen LogP contribution in [0, 0.1) is 0 Å². The van der Waals surface area contributed by atoms with Crippen LogP contribution in [0.2, 0.25) is 0 Å².